The maximum absolute atomic E-state index is 4.60. The predicted octanol–water partition coefficient (Wildman–Crippen LogP) is 12.7. The highest BCUT2D eigenvalue weighted by Crippen LogP contribution is 2.49. The van der Waals surface area contributed by atoms with E-state index in [9.17, 15) is 0 Å². The third kappa shape index (κ3) is 4.46. The van der Waals surface area contributed by atoms with Crippen molar-refractivity contribution >= 4 is 54.4 Å². The van der Waals surface area contributed by atoms with E-state index in [2.05, 4.69) is 189 Å². The van der Waals surface area contributed by atoms with Gasteiger partial charge in [-0.2, -0.15) is 0 Å². The SMILES string of the molecule is c1cnc(-n2c3ccccc3c3cc(-c4ccc5c(c4)c4ccccc4n5-c4ccc5c(c4)-c4ccccc4C5c4ccc5ccccc5c4)ccc32)nc1. The number of fused-ring (bicyclic) bond motifs is 10. The third-order valence-electron chi connectivity index (χ3n) is 11.7. The smallest absolute Gasteiger partial charge is 0.234 e. The van der Waals surface area contributed by atoms with Gasteiger partial charge in [-0.25, -0.2) is 9.97 Å². The van der Waals surface area contributed by atoms with Crippen LogP contribution in [-0.4, -0.2) is 19.1 Å². The second-order valence-electron chi connectivity index (χ2n) is 14.6. The van der Waals surface area contributed by atoms with Gasteiger partial charge in [0.15, 0.2) is 0 Å². The number of aromatic nitrogens is 4. The van der Waals surface area contributed by atoms with E-state index >= 15 is 0 Å². The van der Waals surface area contributed by atoms with Gasteiger partial charge in [0.1, 0.15) is 0 Å². The van der Waals surface area contributed by atoms with E-state index in [1.165, 1.54) is 88.0 Å². The van der Waals surface area contributed by atoms with E-state index in [-0.39, 0.29) is 5.92 Å². The molecule has 1 unspecified atom stereocenters. The van der Waals surface area contributed by atoms with Crippen LogP contribution >= 0.6 is 0 Å². The fraction of sp³-hybridized carbons (Fsp3) is 0.0196. The number of nitrogens with zero attached hydrogens (tertiary/aromatic N) is 4. The van der Waals surface area contributed by atoms with Crippen LogP contribution in [0, 0.1) is 0 Å². The van der Waals surface area contributed by atoms with Crippen molar-refractivity contribution < 1.29 is 0 Å². The molecule has 0 radical (unpaired) electrons. The van der Waals surface area contributed by atoms with E-state index in [1.54, 1.807) is 12.4 Å². The molecule has 0 amide bonds. The Morgan fingerprint density at radius 2 is 0.982 bits per heavy atom. The van der Waals surface area contributed by atoms with Crippen LogP contribution in [-0.2, 0) is 0 Å². The summed E-state index contributed by atoms with van der Waals surface area (Å²) >= 11 is 0. The minimum Gasteiger partial charge on any atom is -0.309 e. The van der Waals surface area contributed by atoms with Crippen molar-refractivity contribution in [2.45, 2.75) is 5.92 Å². The van der Waals surface area contributed by atoms with Gasteiger partial charge in [0.25, 0.3) is 0 Å². The lowest BCUT2D eigenvalue weighted by Gasteiger charge is -2.16. The molecule has 0 aliphatic heterocycles. The van der Waals surface area contributed by atoms with E-state index in [0.29, 0.717) is 5.95 Å². The van der Waals surface area contributed by atoms with E-state index in [4.69, 9.17) is 0 Å². The predicted molar refractivity (Wildman–Crippen MR) is 226 cm³/mol. The van der Waals surface area contributed by atoms with Gasteiger partial charge in [-0.1, -0.05) is 121 Å². The van der Waals surface area contributed by atoms with Gasteiger partial charge >= 0.3 is 0 Å². The Morgan fingerprint density at radius 3 is 1.75 bits per heavy atom. The fourth-order valence-corrected chi connectivity index (χ4v) is 9.28. The maximum Gasteiger partial charge on any atom is 0.234 e. The molecule has 0 spiro atoms. The van der Waals surface area contributed by atoms with Gasteiger partial charge in [0.05, 0.1) is 22.1 Å². The van der Waals surface area contributed by atoms with Crippen LogP contribution in [0.5, 0.6) is 0 Å². The molecule has 0 N–H and O–H groups in total. The molecule has 0 saturated heterocycles. The fourth-order valence-electron chi connectivity index (χ4n) is 9.28. The van der Waals surface area contributed by atoms with E-state index in [0.717, 1.165) is 11.0 Å². The molecule has 1 aliphatic rings. The van der Waals surface area contributed by atoms with Crippen molar-refractivity contribution in [3.05, 3.63) is 205 Å². The quantitative estimate of drug-likeness (QED) is 0.183. The molecule has 0 saturated carbocycles. The largest absolute Gasteiger partial charge is 0.309 e. The molecule has 55 heavy (non-hydrogen) atoms. The average molecular weight is 701 g/mol. The first kappa shape index (κ1) is 30.2. The Bertz CT molecular complexity index is 3330. The summed E-state index contributed by atoms with van der Waals surface area (Å²) in [6, 6.07) is 64.5. The lowest BCUT2D eigenvalue weighted by atomic mass is 9.88. The van der Waals surface area contributed by atoms with Crippen molar-refractivity contribution in [2.75, 3.05) is 0 Å². The summed E-state index contributed by atoms with van der Waals surface area (Å²) in [5.74, 6) is 0.868. The summed E-state index contributed by atoms with van der Waals surface area (Å²) in [7, 11) is 0. The molecule has 11 aromatic rings. The molecule has 3 heterocycles. The first-order valence-electron chi connectivity index (χ1n) is 18.8. The number of para-hydroxylation sites is 2. The summed E-state index contributed by atoms with van der Waals surface area (Å²) in [4.78, 5) is 9.20. The highest BCUT2D eigenvalue weighted by molar-refractivity contribution is 6.12. The molecule has 256 valence electrons. The monoisotopic (exact) mass is 700 g/mol. The Kier molecular flexibility index (Phi) is 6.37. The van der Waals surface area contributed by atoms with Crippen molar-refractivity contribution in [3.63, 3.8) is 0 Å². The van der Waals surface area contributed by atoms with Gasteiger partial charge in [-0.05, 0) is 104 Å². The van der Waals surface area contributed by atoms with Gasteiger partial charge in [-0.15, -0.1) is 0 Å². The minimum absolute atomic E-state index is 0.192. The van der Waals surface area contributed by atoms with Crippen LogP contribution in [0.3, 0.4) is 0 Å². The number of rotatable bonds is 4. The molecule has 3 aromatic heterocycles. The Labute approximate surface area is 317 Å². The second-order valence-corrected chi connectivity index (χ2v) is 14.6. The molecule has 1 aliphatic carbocycles. The first-order valence-corrected chi connectivity index (χ1v) is 18.8. The zero-order valence-electron chi connectivity index (χ0n) is 29.8. The average Bonchev–Trinajstić information content (AvgIpc) is 3.89. The molecule has 4 nitrogen and oxygen atoms in total. The normalized spacial score (nSPS) is 13.6. The van der Waals surface area contributed by atoms with Gasteiger partial charge in [-0.3, -0.25) is 4.57 Å². The third-order valence-corrected chi connectivity index (χ3v) is 11.7. The topological polar surface area (TPSA) is 35.6 Å². The zero-order chi connectivity index (χ0) is 36.0. The molecular formula is C51H32N4. The van der Waals surface area contributed by atoms with Crippen LogP contribution in [0.25, 0.3) is 88.3 Å². The van der Waals surface area contributed by atoms with Crippen LogP contribution < -0.4 is 0 Å². The van der Waals surface area contributed by atoms with Gasteiger partial charge in [0.2, 0.25) is 5.95 Å². The van der Waals surface area contributed by atoms with Crippen LogP contribution in [0.1, 0.15) is 22.6 Å². The van der Waals surface area contributed by atoms with E-state index in [1.807, 2.05) is 6.07 Å². The summed E-state index contributed by atoms with van der Waals surface area (Å²) < 4.78 is 4.60. The summed E-state index contributed by atoms with van der Waals surface area (Å²) in [5, 5.41) is 7.40. The molecule has 1 atom stereocenters. The zero-order valence-corrected chi connectivity index (χ0v) is 29.8. The molecule has 4 heteroatoms. The highest BCUT2D eigenvalue weighted by Gasteiger charge is 2.30. The number of hydrogen-bond donors (Lipinski definition) is 0. The highest BCUT2D eigenvalue weighted by atomic mass is 15.1. The summed E-state index contributed by atoms with van der Waals surface area (Å²) in [5.41, 5.74) is 14.8. The summed E-state index contributed by atoms with van der Waals surface area (Å²) in [6.45, 7) is 0. The van der Waals surface area contributed by atoms with Crippen molar-refractivity contribution in [1.29, 1.82) is 0 Å². The van der Waals surface area contributed by atoms with Gasteiger partial charge in [0, 0.05) is 45.5 Å². The van der Waals surface area contributed by atoms with Crippen LogP contribution in [0.4, 0.5) is 0 Å². The first-order chi connectivity index (χ1) is 27.3. The Morgan fingerprint density at radius 1 is 0.382 bits per heavy atom. The minimum atomic E-state index is 0.192. The molecule has 0 bridgehead atoms. The summed E-state index contributed by atoms with van der Waals surface area (Å²) in [6.07, 6.45) is 3.60. The lowest BCUT2D eigenvalue weighted by molar-refractivity contribution is 0.988. The van der Waals surface area contributed by atoms with Crippen molar-refractivity contribution in [2.24, 2.45) is 0 Å². The molecular weight excluding hydrogens is 669 g/mol. The van der Waals surface area contributed by atoms with Gasteiger partial charge < -0.3 is 4.57 Å². The van der Waals surface area contributed by atoms with Crippen LogP contribution in [0.15, 0.2) is 188 Å². The van der Waals surface area contributed by atoms with Crippen molar-refractivity contribution in [3.8, 4) is 33.9 Å². The number of hydrogen-bond acceptors (Lipinski definition) is 2. The Hall–Kier alpha value is -7.30. The molecule has 12 rings (SSSR count). The lowest BCUT2D eigenvalue weighted by Crippen LogP contribution is -2.00. The second kappa shape index (κ2) is 11.6. The van der Waals surface area contributed by atoms with E-state index < -0.39 is 0 Å². The maximum atomic E-state index is 4.60. The standard InChI is InChI=1S/C51H32N4/c1-2-11-33-28-36(19-18-32(33)10-1)50-41-15-4-3-12-38(41)43-31-37(22-23-42(43)50)54-46-16-7-5-13-39(46)44-29-34(20-24-48(44)54)35-21-25-49-45(30-35)40-14-6-8-17-47(40)55(49)51-52-26-9-27-53-51/h1-31,50H. The molecule has 0 fully saturated rings. The Balaban J connectivity index is 1.01. The molecule has 8 aromatic carbocycles. The number of benzene rings is 8. The van der Waals surface area contributed by atoms with Crippen LogP contribution in [0.2, 0.25) is 0 Å². The van der Waals surface area contributed by atoms with Crippen molar-refractivity contribution in [1.82, 2.24) is 19.1 Å².